The molecule has 1 aromatic heterocycles. The zero-order valence-corrected chi connectivity index (χ0v) is 19.0. The van der Waals surface area contributed by atoms with E-state index in [4.69, 9.17) is 4.74 Å². The Balaban J connectivity index is 1.61. The Hall–Kier alpha value is -2.93. The van der Waals surface area contributed by atoms with Crippen molar-refractivity contribution in [3.05, 3.63) is 81.7 Å². The number of ketones is 1. The van der Waals surface area contributed by atoms with Gasteiger partial charge in [-0.3, -0.25) is 4.79 Å². The number of carbonyl (C=O) groups is 1. The van der Waals surface area contributed by atoms with Crippen molar-refractivity contribution in [1.82, 2.24) is 14.8 Å². The predicted octanol–water partition coefficient (Wildman–Crippen LogP) is 5.28. The second-order valence-corrected chi connectivity index (χ2v) is 9.76. The van der Waals surface area contributed by atoms with Gasteiger partial charge in [0.1, 0.15) is 24.7 Å². The first-order valence-corrected chi connectivity index (χ1v) is 11.1. The molecule has 0 amide bonds. The van der Waals surface area contributed by atoms with E-state index in [0.717, 1.165) is 39.0 Å². The van der Waals surface area contributed by atoms with Gasteiger partial charge < -0.3 is 10.1 Å². The van der Waals surface area contributed by atoms with Crippen LogP contribution in [0.5, 0.6) is 5.75 Å². The summed E-state index contributed by atoms with van der Waals surface area (Å²) in [5.41, 5.74) is 3.55. The minimum absolute atomic E-state index is 0.0977. The number of nitrogens with one attached hydrogen (secondary N) is 1. The highest BCUT2D eigenvalue weighted by molar-refractivity contribution is 9.10. The Morgan fingerprint density at radius 2 is 2.00 bits per heavy atom. The molecule has 31 heavy (non-hydrogen) atoms. The summed E-state index contributed by atoms with van der Waals surface area (Å²) in [6, 6.07) is 15.6. The fourth-order valence-corrected chi connectivity index (χ4v) is 4.82. The molecule has 1 atom stereocenters. The Labute approximate surface area is 189 Å². The second-order valence-electron chi connectivity index (χ2n) is 8.85. The number of fused-ring (bicyclic) bond motifs is 1. The maximum Gasteiger partial charge on any atom is 0.226 e. The number of anilines is 1. The van der Waals surface area contributed by atoms with Gasteiger partial charge in [-0.1, -0.05) is 60.1 Å². The Morgan fingerprint density at radius 3 is 2.81 bits per heavy atom. The second kappa shape index (κ2) is 7.64. The zero-order valence-electron chi connectivity index (χ0n) is 17.4. The van der Waals surface area contributed by atoms with E-state index in [1.807, 2.05) is 48.5 Å². The molecule has 0 fully saturated rings. The number of benzene rings is 2. The van der Waals surface area contributed by atoms with Crippen LogP contribution in [0.3, 0.4) is 0 Å². The molecule has 1 N–H and O–H groups in total. The van der Waals surface area contributed by atoms with E-state index in [-0.39, 0.29) is 17.2 Å². The van der Waals surface area contributed by atoms with E-state index >= 15 is 0 Å². The summed E-state index contributed by atoms with van der Waals surface area (Å²) in [6.07, 6.45) is 2.81. The van der Waals surface area contributed by atoms with Gasteiger partial charge in [0, 0.05) is 27.7 Å². The van der Waals surface area contributed by atoms with Crippen LogP contribution in [-0.4, -0.2) is 20.5 Å². The number of allylic oxidation sites excluding steroid dienone is 2. The summed E-state index contributed by atoms with van der Waals surface area (Å²) >= 11 is 3.59. The van der Waals surface area contributed by atoms with Crippen LogP contribution in [0.15, 0.2) is 70.6 Å². The third-order valence-electron chi connectivity index (χ3n) is 5.78. The quantitative estimate of drug-likeness (QED) is 0.552. The smallest absolute Gasteiger partial charge is 0.226 e. The van der Waals surface area contributed by atoms with Crippen LogP contribution in [0, 0.1) is 5.41 Å². The first-order valence-electron chi connectivity index (χ1n) is 10.3. The van der Waals surface area contributed by atoms with Crippen LogP contribution in [0.2, 0.25) is 0 Å². The highest BCUT2D eigenvalue weighted by atomic mass is 79.9. The van der Waals surface area contributed by atoms with Gasteiger partial charge in [-0.25, -0.2) is 4.68 Å². The van der Waals surface area contributed by atoms with Gasteiger partial charge >= 0.3 is 0 Å². The van der Waals surface area contributed by atoms with Crippen LogP contribution in [0.1, 0.15) is 43.9 Å². The molecular formula is C24H23BrN4O2. The molecule has 6 nitrogen and oxygen atoms in total. The Morgan fingerprint density at radius 1 is 1.19 bits per heavy atom. The molecule has 1 aliphatic carbocycles. The van der Waals surface area contributed by atoms with E-state index in [1.54, 1.807) is 4.68 Å². The maximum atomic E-state index is 13.3. The van der Waals surface area contributed by atoms with Gasteiger partial charge in [-0.05, 0) is 35.6 Å². The lowest BCUT2D eigenvalue weighted by molar-refractivity contribution is -0.118. The van der Waals surface area contributed by atoms with Crippen molar-refractivity contribution < 1.29 is 9.53 Å². The Bertz CT molecular complexity index is 1180. The summed E-state index contributed by atoms with van der Waals surface area (Å²) in [7, 11) is 0. The number of ether oxygens (including phenoxy) is 1. The molecule has 5 rings (SSSR count). The van der Waals surface area contributed by atoms with E-state index in [2.05, 4.69) is 45.2 Å². The molecule has 0 radical (unpaired) electrons. The number of Topliss-reactive ketones (excluding diaryl/α,β-unsaturated/α-hetero) is 1. The molecule has 2 aromatic carbocycles. The average Bonchev–Trinajstić information content (AvgIpc) is 3.19. The van der Waals surface area contributed by atoms with Gasteiger partial charge in [0.2, 0.25) is 5.95 Å². The number of rotatable bonds is 4. The standard InChI is InChI=1S/C24H23BrN4O2/c1-24(2)11-18-21(19(30)12-24)22(29-23(28-18)26-14-27-29)17-10-16(25)8-9-20(17)31-13-15-6-4-3-5-7-15/h3-10,14,22H,11-13H2,1-2H3,(H,26,27,28)/t22-/m1/s1. The Kier molecular flexibility index (Phi) is 4.93. The zero-order chi connectivity index (χ0) is 21.6. The van der Waals surface area contributed by atoms with Crippen LogP contribution in [0.4, 0.5) is 5.95 Å². The fraction of sp³-hybridized carbons (Fsp3) is 0.292. The predicted molar refractivity (Wildman–Crippen MR) is 122 cm³/mol. The van der Waals surface area contributed by atoms with E-state index in [9.17, 15) is 4.79 Å². The van der Waals surface area contributed by atoms with Crippen molar-refractivity contribution in [2.45, 2.75) is 39.3 Å². The summed E-state index contributed by atoms with van der Waals surface area (Å²) in [4.78, 5) is 17.7. The maximum absolute atomic E-state index is 13.3. The van der Waals surface area contributed by atoms with E-state index in [1.165, 1.54) is 6.33 Å². The van der Waals surface area contributed by atoms with Crippen LogP contribution in [0.25, 0.3) is 0 Å². The number of carbonyl (C=O) groups excluding carboxylic acids is 1. The topological polar surface area (TPSA) is 69.0 Å². The van der Waals surface area contributed by atoms with E-state index in [0.29, 0.717) is 19.0 Å². The van der Waals surface area contributed by atoms with Crippen molar-refractivity contribution in [3.63, 3.8) is 0 Å². The highest BCUT2D eigenvalue weighted by Gasteiger charge is 2.42. The summed E-state index contributed by atoms with van der Waals surface area (Å²) in [5.74, 6) is 1.51. The van der Waals surface area contributed by atoms with Crippen molar-refractivity contribution in [2.75, 3.05) is 5.32 Å². The molecule has 158 valence electrons. The first-order chi connectivity index (χ1) is 14.9. The van der Waals surface area contributed by atoms with Gasteiger partial charge in [0.05, 0.1) is 0 Å². The van der Waals surface area contributed by atoms with Crippen molar-refractivity contribution >= 4 is 27.7 Å². The SMILES string of the molecule is CC1(C)CC(=O)C2=C(C1)Nc1ncnn1[C@@H]2c1cc(Br)ccc1OCc1ccccc1. The molecule has 0 saturated carbocycles. The lowest BCUT2D eigenvalue weighted by Gasteiger charge is -2.38. The van der Waals surface area contributed by atoms with Crippen molar-refractivity contribution in [1.29, 1.82) is 0 Å². The lowest BCUT2D eigenvalue weighted by Crippen LogP contribution is -2.36. The number of halogens is 1. The minimum Gasteiger partial charge on any atom is -0.489 e. The molecule has 1 aliphatic heterocycles. The fourth-order valence-electron chi connectivity index (χ4n) is 4.44. The lowest BCUT2D eigenvalue weighted by atomic mass is 9.73. The number of hydrogen-bond acceptors (Lipinski definition) is 5. The molecule has 3 aromatic rings. The van der Waals surface area contributed by atoms with Crippen molar-refractivity contribution in [3.8, 4) is 5.75 Å². The molecule has 2 heterocycles. The summed E-state index contributed by atoms with van der Waals surface area (Å²) in [5, 5.41) is 7.80. The van der Waals surface area contributed by atoms with Gasteiger partial charge in [0.15, 0.2) is 5.78 Å². The molecule has 7 heteroatoms. The van der Waals surface area contributed by atoms with Gasteiger partial charge in [-0.15, -0.1) is 0 Å². The normalized spacial score (nSPS) is 19.5. The summed E-state index contributed by atoms with van der Waals surface area (Å²) in [6.45, 7) is 4.69. The molecule has 0 spiro atoms. The third-order valence-corrected chi connectivity index (χ3v) is 6.27. The van der Waals surface area contributed by atoms with Crippen molar-refractivity contribution in [2.24, 2.45) is 5.41 Å². The molecule has 0 unspecified atom stereocenters. The van der Waals surface area contributed by atoms with Crippen LogP contribution >= 0.6 is 15.9 Å². The first kappa shape index (κ1) is 20.0. The number of hydrogen-bond donors (Lipinski definition) is 1. The molecule has 2 aliphatic rings. The monoisotopic (exact) mass is 478 g/mol. The number of nitrogens with zero attached hydrogens (tertiary/aromatic N) is 3. The third kappa shape index (κ3) is 3.78. The molecule has 0 saturated heterocycles. The minimum atomic E-state index is -0.388. The van der Waals surface area contributed by atoms with Gasteiger partial charge in [0.25, 0.3) is 0 Å². The largest absolute Gasteiger partial charge is 0.489 e. The van der Waals surface area contributed by atoms with Crippen LogP contribution in [-0.2, 0) is 11.4 Å². The summed E-state index contributed by atoms with van der Waals surface area (Å²) < 4.78 is 8.94. The molecular weight excluding hydrogens is 456 g/mol. The highest BCUT2D eigenvalue weighted by Crippen LogP contribution is 2.47. The van der Waals surface area contributed by atoms with E-state index < -0.39 is 0 Å². The van der Waals surface area contributed by atoms with Gasteiger partial charge in [-0.2, -0.15) is 10.1 Å². The number of aromatic nitrogens is 3. The average molecular weight is 479 g/mol. The van der Waals surface area contributed by atoms with Crippen LogP contribution < -0.4 is 10.1 Å². The molecule has 0 bridgehead atoms.